The number of hydrogen-bond acceptors (Lipinski definition) is 2. The van der Waals surface area contributed by atoms with E-state index in [1.54, 1.807) is 0 Å². The van der Waals surface area contributed by atoms with Crippen molar-refractivity contribution >= 4 is 5.97 Å². The van der Waals surface area contributed by atoms with Crippen LogP contribution in [0.1, 0.15) is 15.2 Å². The molecule has 42 valence electrons. The molecule has 0 spiro atoms. The summed E-state index contributed by atoms with van der Waals surface area (Å²) in [6, 6.07) is 0. The molecule has 0 aromatic heterocycles. The van der Waals surface area contributed by atoms with Crippen LogP contribution in [-0.2, 0) is 4.79 Å². The van der Waals surface area contributed by atoms with Gasteiger partial charge in [0.05, 0.1) is 0 Å². The minimum absolute atomic E-state index is 0.289. The lowest BCUT2D eigenvalue weighted by atomic mass is 10.1. The second-order valence-electron chi connectivity index (χ2n) is 1.72. The fraction of sp³-hybridized carbons (Fsp3) is 0.750. The van der Waals surface area contributed by atoms with Gasteiger partial charge in [-0.2, -0.15) is 0 Å². The Hall–Kier alpha value is -0.570. The number of carboxylic acid groups (broad SMARTS) is 1. The van der Waals surface area contributed by atoms with Gasteiger partial charge in [0.25, 0.3) is 0 Å². The quantitative estimate of drug-likeness (QED) is 0.484. The van der Waals surface area contributed by atoms with Gasteiger partial charge in [0, 0.05) is 1.37 Å². The minimum Gasteiger partial charge on any atom is -0.480 e. The highest BCUT2D eigenvalue weighted by Crippen LogP contribution is 1.93. The first kappa shape index (κ1) is 4.59. The average molecular weight is 104 g/mol. The van der Waals surface area contributed by atoms with E-state index < -0.39 is 11.5 Å². The van der Waals surface area contributed by atoms with Crippen LogP contribution in [0, 0.1) is 0 Å². The van der Waals surface area contributed by atoms with Crippen molar-refractivity contribution in [2.45, 2.75) is 19.4 Å². The zero-order valence-corrected chi connectivity index (χ0v) is 4.14. The van der Waals surface area contributed by atoms with Gasteiger partial charge in [-0.15, -0.1) is 0 Å². The fourth-order valence-corrected chi connectivity index (χ4v) is 0. The third-order valence-electron chi connectivity index (χ3n) is 0.489. The summed E-state index contributed by atoms with van der Waals surface area (Å²) in [5.74, 6) is -1.13. The third-order valence-corrected chi connectivity index (χ3v) is 0.489. The van der Waals surface area contributed by atoms with Crippen LogP contribution in [0.4, 0.5) is 0 Å². The number of nitrogens with two attached hydrogens (primary N) is 1. The molecule has 0 aliphatic heterocycles. The highest BCUT2D eigenvalue weighted by Gasteiger charge is 2.19. The second-order valence-corrected chi connectivity index (χ2v) is 1.72. The second kappa shape index (κ2) is 1.50. The Bertz CT molecular complexity index is 102. The van der Waals surface area contributed by atoms with Gasteiger partial charge in [-0.25, -0.2) is 0 Å². The van der Waals surface area contributed by atoms with Crippen molar-refractivity contribution in [2.24, 2.45) is 5.73 Å². The average Bonchev–Trinajstić information content (AvgIpc) is 1.67. The third kappa shape index (κ3) is 2.17. The van der Waals surface area contributed by atoms with E-state index in [2.05, 4.69) is 0 Å². The molecule has 3 heteroatoms. The normalized spacial score (nSPS) is 20.0. The van der Waals surface area contributed by atoms with Crippen molar-refractivity contribution in [1.82, 2.24) is 0 Å². The number of aliphatic carboxylic acids is 1. The van der Waals surface area contributed by atoms with Crippen molar-refractivity contribution < 1.29 is 11.3 Å². The van der Waals surface area contributed by atoms with Gasteiger partial charge in [-0.1, -0.05) is 0 Å². The summed E-state index contributed by atoms with van der Waals surface area (Å²) < 4.78 is 6.63. The Morgan fingerprint density at radius 1 is 2.14 bits per heavy atom. The molecule has 0 radical (unpaired) electrons. The first-order chi connectivity index (χ1) is 3.50. The van der Waals surface area contributed by atoms with Crippen molar-refractivity contribution in [1.29, 1.82) is 0 Å². The highest BCUT2D eigenvalue weighted by molar-refractivity contribution is 5.77. The molecule has 0 aliphatic rings. The van der Waals surface area contributed by atoms with E-state index in [4.69, 9.17) is 12.2 Å². The summed E-state index contributed by atoms with van der Waals surface area (Å²) in [5, 5.41) is 8.20. The molecule has 0 saturated heterocycles. The monoisotopic (exact) mass is 104 g/mol. The van der Waals surface area contributed by atoms with E-state index in [1.807, 2.05) is 0 Å². The topological polar surface area (TPSA) is 63.3 Å². The predicted molar refractivity (Wildman–Crippen MR) is 25.9 cm³/mol. The summed E-state index contributed by atoms with van der Waals surface area (Å²) in [4.78, 5) is 10.0. The molecule has 0 amide bonds. The van der Waals surface area contributed by atoms with Crippen LogP contribution in [0.15, 0.2) is 0 Å². The molecule has 0 rings (SSSR count). The van der Waals surface area contributed by atoms with Crippen molar-refractivity contribution in [3.05, 3.63) is 0 Å². The largest absolute Gasteiger partial charge is 0.480 e. The molecule has 0 saturated carbocycles. The van der Waals surface area contributed by atoms with Crippen molar-refractivity contribution in [3.63, 3.8) is 0 Å². The molecule has 0 bridgehead atoms. The lowest BCUT2D eigenvalue weighted by molar-refractivity contribution is -0.141. The fourth-order valence-electron chi connectivity index (χ4n) is 0. The van der Waals surface area contributed by atoms with E-state index >= 15 is 0 Å². The smallest absolute Gasteiger partial charge is 0.323 e. The maximum absolute atomic E-state index is 10.0. The van der Waals surface area contributed by atoms with Gasteiger partial charge in [-0.3, -0.25) is 4.79 Å². The lowest BCUT2D eigenvalue weighted by Gasteiger charge is -2.09. The Morgan fingerprint density at radius 2 is 2.57 bits per heavy atom. The van der Waals surface area contributed by atoms with Crippen LogP contribution in [-0.4, -0.2) is 16.6 Å². The number of carbonyl (C=O) groups is 1. The predicted octanol–water partition coefficient (Wildman–Crippen LogP) is -0.192. The standard InChI is InChI=1S/C4H9NO2/c1-4(2,5)3(6)7/h5H2,1-2H3,(H,6,7)/i1D/t4-/m0/s1. The molecule has 3 N–H and O–H groups in total. The zero-order chi connectivity index (χ0) is 6.78. The number of carboxylic acids is 1. The van der Waals surface area contributed by atoms with Crippen LogP contribution in [0.2, 0.25) is 0 Å². The zero-order valence-electron chi connectivity index (χ0n) is 5.14. The van der Waals surface area contributed by atoms with Crippen molar-refractivity contribution in [2.75, 3.05) is 0 Å². The van der Waals surface area contributed by atoms with Gasteiger partial charge in [0.2, 0.25) is 0 Å². The molecular formula is C4H9NO2. The summed E-state index contributed by atoms with van der Waals surface area (Å²) in [5.41, 5.74) is 3.70. The molecule has 0 heterocycles. The lowest BCUT2D eigenvalue weighted by Crippen LogP contribution is -2.41. The Kier molecular flexibility index (Phi) is 0.982. The maximum Gasteiger partial charge on any atom is 0.323 e. The summed E-state index contributed by atoms with van der Waals surface area (Å²) in [6.07, 6.45) is 0. The molecule has 0 aromatic carbocycles. The summed E-state index contributed by atoms with van der Waals surface area (Å²) in [6.45, 7) is 1.02. The first-order valence-corrected chi connectivity index (χ1v) is 1.82. The van der Waals surface area contributed by atoms with E-state index in [1.165, 1.54) is 6.92 Å². The van der Waals surface area contributed by atoms with Gasteiger partial charge in [-0.05, 0) is 13.8 Å². The van der Waals surface area contributed by atoms with Gasteiger partial charge in [0.15, 0.2) is 0 Å². The molecule has 0 aliphatic carbocycles. The van der Waals surface area contributed by atoms with Crippen LogP contribution >= 0.6 is 0 Å². The Labute approximate surface area is 43.5 Å². The number of hydrogen-bond donors (Lipinski definition) is 2. The molecule has 7 heavy (non-hydrogen) atoms. The summed E-state index contributed by atoms with van der Waals surface area (Å²) >= 11 is 0. The Morgan fingerprint density at radius 3 is 2.57 bits per heavy atom. The Balaban J connectivity index is 3.91. The van der Waals surface area contributed by atoms with Crippen LogP contribution in [0.5, 0.6) is 0 Å². The maximum atomic E-state index is 10.0. The molecule has 0 unspecified atom stereocenters. The van der Waals surface area contributed by atoms with Gasteiger partial charge in [0.1, 0.15) is 5.54 Å². The SMILES string of the molecule is [2H]C[C@@](C)(N)C(=O)O. The van der Waals surface area contributed by atoms with E-state index in [-0.39, 0.29) is 6.90 Å². The van der Waals surface area contributed by atoms with Crippen LogP contribution in [0.3, 0.4) is 0 Å². The van der Waals surface area contributed by atoms with Gasteiger partial charge < -0.3 is 10.8 Å². The molecule has 3 nitrogen and oxygen atoms in total. The highest BCUT2D eigenvalue weighted by atomic mass is 16.4. The first-order valence-electron chi connectivity index (χ1n) is 2.53. The van der Waals surface area contributed by atoms with E-state index in [0.29, 0.717) is 0 Å². The molecular weight excluding hydrogens is 94.0 g/mol. The van der Waals surface area contributed by atoms with Crippen LogP contribution in [0.25, 0.3) is 0 Å². The van der Waals surface area contributed by atoms with E-state index in [9.17, 15) is 4.79 Å². The molecule has 1 atom stereocenters. The van der Waals surface area contributed by atoms with Crippen molar-refractivity contribution in [3.8, 4) is 0 Å². The van der Waals surface area contributed by atoms with Gasteiger partial charge >= 0.3 is 5.97 Å². The number of rotatable bonds is 1. The van der Waals surface area contributed by atoms with E-state index in [0.717, 1.165) is 0 Å². The minimum atomic E-state index is -1.38. The molecule has 0 fully saturated rings. The van der Waals surface area contributed by atoms with Crippen LogP contribution < -0.4 is 5.73 Å². The summed E-state index contributed by atoms with van der Waals surface area (Å²) in [7, 11) is 0. The molecule has 0 aromatic rings.